The summed E-state index contributed by atoms with van der Waals surface area (Å²) in [7, 11) is 0. The summed E-state index contributed by atoms with van der Waals surface area (Å²) in [4.78, 5) is 0. The smallest absolute Gasteiger partial charge is 0.106 e. The summed E-state index contributed by atoms with van der Waals surface area (Å²) >= 11 is 0. The molecule has 0 heterocycles. The number of aliphatic hydroxyl groups excluding tert-OH is 2. The van der Waals surface area contributed by atoms with Crippen LogP contribution < -0.4 is 0 Å². The van der Waals surface area contributed by atoms with E-state index in [-0.39, 0.29) is 0 Å². The van der Waals surface area contributed by atoms with Gasteiger partial charge in [-0.05, 0) is 56.3 Å². The highest BCUT2D eigenvalue weighted by Gasteiger charge is 2.30. The fraction of sp³-hybridized carbons (Fsp3) is 0.200. The van der Waals surface area contributed by atoms with Crippen molar-refractivity contribution in [2.75, 3.05) is 0 Å². The molecule has 2 N–H and O–H groups in total. The van der Waals surface area contributed by atoms with Crippen molar-refractivity contribution in [2.24, 2.45) is 0 Å². The Morgan fingerprint density at radius 2 is 1.41 bits per heavy atom. The lowest BCUT2D eigenvalue weighted by molar-refractivity contribution is 0.00771. The van der Waals surface area contributed by atoms with Crippen molar-refractivity contribution in [3.05, 3.63) is 59.7 Å². The van der Waals surface area contributed by atoms with Crippen LogP contribution in [0.2, 0.25) is 0 Å². The van der Waals surface area contributed by atoms with Crippen molar-refractivity contribution < 1.29 is 10.2 Å². The third-order valence-electron chi connectivity index (χ3n) is 5.18. The maximum atomic E-state index is 10.6. The first-order valence-corrected chi connectivity index (χ1v) is 7.80. The van der Waals surface area contributed by atoms with Crippen LogP contribution in [0.15, 0.2) is 48.5 Å². The van der Waals surface area contributed by atoms with Crippen LogP contribution in [0.4, 0.5) is 0 Å². The lowest BCUT2D eigenvalue weighted by Crippen LogP contribution is -2.25. The molecule has 0 amide bonds. The van der Waals surface area contributed by atoms with E-state index < -0.39 is 12.2 Å². The molecule has 0 fully saturated rings. The van der Waals surface area contributed by atoms with Gasteiger partial charge in [0.05, 0.1) is 6.10 Å². The molecule has 0 saturated heterocycles. The highest BCUT2D eigenvalue weighted by atomic mass is 16.3. The zero-order chi connectivity index (χ0) is 14.8. The van der Waals surface area contributed by atoms with Crippen molar-refractivity contribution in [1.29, 1.82) is 0 Å². The molecule has 0 radical (unpaired) electrons. The molecule has 2 heteroatoms. The third-order valence-corrected chi connectivity index (χ3v) is 5.18. The monoisotopic (exact) mass is 288 g/mol. The SMILES string of the molecule is OC1CCc2c(c3cccc4ccc5cccc2c5c43)C1O. The number of aryl methyl sites for hydroxylation is 1. The van der Waals surface area contributed by atoms with Crippen molar-refractivity contribution in [3.8, 4) is 0 Å². The highest BCUT2D eigenvalue weighted by molar-refractivity contribution is 6.24. The van der Waals surface area contributed by atoms with Crippen LogP contribution in [0.25, 0.3) is 32.3 Å². The summed E-state index contributed by atoms with van der Waals surface area (Å²) < 4.78 is 0. The number of rotatable bonds is 0. The Hall–Kier alpha value is -2.16. The van der Waals surface area contributed by atoms with E-state index in [2.05, 4.69) is 42.5 Å². The van der Waals surface area contributed by atoms with Gasteiger partial charge in [0.15, 0.2) is 0 Å². The van der Waals surface area contributed by atoms with Crippen LogP contribution in [0.3, 0.4) is 0 Å². The Morgan fingerprint density at radius 1 is 0.773 bits per heavy atom. The second-order valence-corrected chi connectivity index (χ2v) is 6.32. The van der Waals surface area contributed by atoms with Gasteiger partial charge in [-0.1, -0.05) is 48.5 Å². The first-order chi connectivity index (χ1) is 10.8. The van der Waals surface area contributed by atoms with Crippen molar-refractivity contribution >= 4 is 32.3 Å². The van der Waals surface area contributed by atoms with E-state index in [0.29, 0.717) is 6.42 Å². The Kier molecular flexibility index (Phi) is 2.36. The van der Waals surface area contributed by atoms with E-state index in [1.165, 1.54) is 32.5 Å². The quantitative estimate of drug-likeness (QED) is 0.481. The van der Waals surface area contributed by atoms with E-state index >= 15 is 0 Å². The topological polar surface area (TPSA) is 40.5 Å². The van der Waals surface area contributed by atoms with Crippen molar-refractivity contribution in [3.63, 3.8) is 0 Å². The first kappa shape index (κ1) is 12.4. The molecule has 0 spiro atoms. The Bertz CT molecular complexity index is 1020. The molecule has 0 bridgehead atoms. The van der Waals surface area contributed by atoms with Gasteiger partial charge in [0.1, 0.15) is 6.10 Å². The van der Waals surface area contributed by atoms with Crippen molar-refractivity contribution in [1.82, 2.24) is 0 Å². The van der Waals surface area contributed by atoms with Crippen LogP contribution in [0.1, 0.15) is 23.7 Å². The molecule has 2 nitrogen and oxygen atoms in total. The van der Waals surface area contributed by atoms with E-state index in [0.717, 1.165) is 17.4 Å². The lowest BCUT2D eigenvalue weighted by atomic mass is 9.79. The number of fused-ring (bicyclic) bond motifs is 3. The summed E-state index contributed by atoms with van der Waals surface area (Å²) in [6.45, 7) is 0. The van der Waals surface area contributed by atoms with Crippen LogP contribution in [-0.4, -0.2) is 16.3 Å². The second kappa shape index (κ2) is 4.19. The minimum Gasteiger partial charge on any atom is -0.390 e. The van der Waals surface area contributed by atoms with E-state index in [4.69, 9.17) is 0 Å². The molecule has 5 rings (SSSR count). The van der Waals surface area contributed by atoms with Gasteiger partial charge in [0.25, 0.3) is 0 Å². The van der Waals surface area contributed by atoms with Gasteiger partial charge in [0, 0.05) is 0 Å². The minimum absolute atomic E-state index is 0.620. The number of benzene rings is 4. The summed E-state index contributed by atoms with van der Waals surface area (Å²) in [5, 5.41) is 28.0. The van der Waals surface area contributed by atoms with E-state index in [9.17, 15) is 10.2 Å². The molecule has 4 aromatic carbocycles. The molecule has 22 heavy (non-hydrogen) atoms. The molecule has 108 valence electrons. The summed E-state index contributed by atoms with van der Waals surface area (Å²) in [5.41, 5.74) is 2.13. The Labute approximate surface area is 127 Å². The van der Waals surface area contributed by atoms with Gasteiger partial charge in [-0.2, -0.15) is 0 Å². The molecule has 1 aliphatic rings. The van der Waals surface area contributed by atoms with Gasteiger partial charge in [-0.25, -0.2) is 0 Å². The minimum atomic E-state index is -0.794. The van der Waals surface area contributed by atoms with Gasteiger partial charge < -0.3 is 10.2 Å². The number of aliphatic hydroxyl groups is 2. The van der Waals surface area contributed by atoms with Crippen molar-refractivity contribution in [2.45, 2.75) is 25.0 Å². The average Bonchev–Trinajstić information content (AvgIpc) is 2.56. The Morgan fingerprint density at radius 3 is 2.14 bits per heavy atom. The largest absolute Gasteiger partial charge is 0.390 e. The molecular weight excluding hydrogens is 272 g/mol. The lowest BCUT2D eigenvalue weighted by Gasteiger charge is -2.30. The zero-order valence-corrected chi connectivity index (χ0v) is 12.1. The molecule has 0 aliphatic heterocycles. The standard InChI is InChI=1S/C20H16O2/c21-16-10-9-14-13-5-1-3-11-7-8-12-4-2-6-15(18(12)17(11)13)19(14)20(16)22/h1-8,16,20-22H,9-10H2. The molecule has 0 saturated carbocycles. The predicted molar refractivity (Wildman–Crippen MR) is 89.4 cm³/mol. The molecule has 0 aromatic heterocycles. The average molecular weight is 288 g/mol. The Balaban J connectivity index is 2.12. The van der Waals surface area contributed by atoms with Crippen LogP contribution >= 0.6 is 0 Å². The van der Waals surface area contributed by atoms with E-state index in [1.807, 2.05) is 6.07 Å². The zero-order valence-electron chi connectivity index (χ0n) is 12.1. The maximum Gasteiger partial charge on any atom is 0.106 e. The van der Waals surface area contributed by atoms with Gasteiger partial charge in [-0.3, -0.25) is 0 Å². The summed E-state index contributed by atoms with van der Waals surface area (Å²) in [5.74, 6) is 0. The van der Waals surface area contributed by atoms with Crippen LogP contribution in [0, 0.1) is 0 Å². The summed E-state index contributed by atoms with van der Waals surface area (Å²) in [6.07, 6.45) is -0.0252. The predicted octanol–water partition coefficient (Wildman–Crippen LogP) is 3.92. The molecule has 1 aliphatic carbocycles. The fourth-order valence-corrected chi connectivity index (χ4v) is 4.19. The summed E-state index contributed by atoms with van der Waals surface area (Å²) in [6, 6.07) is 16.9. The molecular formula is C20H16O2. The van der Waals surface area contributed by atoms with E-state index in [1.54, 1.807) is 0 Å². The number of hydrogen-bond acceptors (Lipinski definition) is 2. The van der Waals surface area contributed by atoms with Gasteiger partial charge in [-0.15, -0.1) is 0 Å². The van der Waals surface area contributed by atoms with Gasteiger partial charge in [0.2, 0.25) is 0 Å². The molecule has 2 unspecified atom stereocenters. The normalized spacial score (nSPS) is 21.7. The van der Waals surface area contributed by atoms with Gasteiger partial charge >= 0.3 is 0 Å². The molecule has 2 atom stereocenters. The number of hydrogen-bond donors (Lipinski definition) is 2. The first-order valence-electron chi connectivity index (χ1n) is 7.80. The maximum absolute atomic E-state index is 10.6. The fourth-order valence-electron chi connectivity index (χ4n) is 4.19. The van der Waals surface area contributed by atoms with Crippen LogP contribution in [-0.2, 0) is 6.42 Å². The van der Waals surface area contributed by atoms with Crippen LogP contribution in [0.5, 0.6) is 0 Å². The third kappa shape index (κ3) is 1.41. The highest BCUT2D eigenvalue weighted by Crippen LogP contribution is 2.44. The molecule has 4 aromatic rings. The second-order valence-electron chi connectivity index (χ2n) is 6.32.